The summed E-state index contributed by atoms with van der Waals surface area (Å²) in [5, 5.41) is 4.92. The molecular weight excluding hydrogens is 386 g/mol. The van der Waals surface area contributed by atoms with Gasteiger partial charge in [-0.15, -0.1) is 0 Å². The minimum atomic E-state index is -0.632. The molecule has 3 aromatic heterocycles. The van der Waals surface area contributed by atoms with Crippen LogP contribution in [0, 0.1) is 0 Å². The predicted molar refractivity (Wildman–Crippen MR) is 108 cm³/mol. The van der Waals surface area contributed by atoms with Crippen LogP contribution >= 0.6 is 0 Å². The van der Waals surface area contributed by atoms with Crippen molar-refractivity contribution in [3.8, 4) is 11.3 Å². The van der Waals surface area contributed by atoms with Gasteiger partial charge in [0.25, 0.3) is 0 Å². The lowest BCUT2D eigenvalue weighted by atomic mass is 10.1. The largest absolute Gasteiger partial charge is 0.463 e. The second-order valence-electron chi connectivity index (χ2n) is 6.46. The van der Waals surface area contributed by atoms with Gasteiger partial charge >= 0.3 is 11.9 Å². The van der Waals surface area contributed by atoms with E-state index in [0.717, 1.165) is 5.56 Å². The number of hydrogen-bond donors (Lipinski definition) is 0. The molecule has 0 bridgehead atoms. The zero-order chi connectivity index (χ0) is 21.1. The number of benzene rings is 1. The van der Waals surface area contributed by atoms with Gasteiger partial charge in [-0.25, -0.2) is 19.3 Å². The molecule has 0 unspecified atom stereocenters. The summed E-state index contributed by atoms with van der Waals surface area (Å²) in [6.07, 6.45) is 2.95. The van der Waals surface area contributed by atoms with Crippen LogP contribution in [-0.4, -0.2) is 33.8 Å². The Kier molecular flexibility index (Phi) is 5.30. The van der Waals surface area contributed by atoms with Crippen molar-refractivity contribution >= 4 is 23.0 Å². The molecule has 0 saturated carbocycles. The molecule has 152 valence electrons. The highest BCUT2D eigenvalue weighted by Crippen LogP contribution is 2.26. The average Bonchev–Trinajstić information content (AvgIpc) is 3.43. The van der Waals surface area contributed by atoms with Crippen LogP contribution in [0.2, 0.25) is 0 Å². The van der Waals surface area contributed by atoms with Crippen LogP contribution in [0.4, 0.5) is 0 Å². The average molecular weight is 405 g/mol. The minimum Gasteiger partial charge on any atom is -0.463 e. The fraction of sp³-hybridized carbons (Fsp3) is 0.182. The number of furan rings is 1. The monoisotopic (exact) mass is 405 g/mol. The Balaban J connectivity index is 1.69. The number of carbonyl (C=O) groups excluding carboxylic acids is 2. The van der Waals surface area contributed by atoms with Crippen LogP contribution in [0.3, 0.4) is 0 Å². The van der Waals surface area contributed by atoms with Crippen LogP contribution in [-0.2, 0) is 22.6 Å². The van der Waals surface area contributed by atoms with E-state index >= 15 is 0 Å². The van der Waals surface area contributed by atoms with E-state index in [1.807, 2.05) is 37.3 Å². The molecule has 0 aliphatic heterocycles. The molecule has 0 atom stereocenters. The molecule has 30 heavy (non-hydrogen) atoms. The van der Waals surface area contributed by atoms with Crippen LogP contribution in [0.25, 0.3) is 22.3 Å². The van der Waals surface area contributed by atoms with Crippen molar-refractivity contribution < 1.29 is 23.5 Å². The van der Waals surface area contributed by atoms with Gasteiger partial charge in [0.1, 0.15) is 6.61 Å². The van der Waals surface area contributed by atoms with Crippen LogP contribution in [0.1, 0.15) is 33.4 Å². The first-order chi connectivity index (χ1) is 14.6. The highest BCUT2D eigenvalue weighted by Gasteiger charge is 2.21. The van der Waals surface area contributed by atoms with E-state index in [9.17, 15) is 9.59 Å². The number of ether oxygens (including phenoxy) is 2. The quantitative estimate of drug-likeness (QED) is 0.450. The number of esters is 2. The van der Waals surface area contributed by atoms with Crippen LogP contribution in [0.15, 0.2) is 59.3 Å². The Morgan fingerprint density at radius 3 is 2.67 bits per heavy atom. The summed E-state index contributed by atoms with van der Waals surface area (Å²) in [6.45, 7) is 2.43. The maximum Gasteiger partial charge on any atom is 0.374 e. The highest BCUT2D eigenvalue weighted by atomic mass is 16.5. The third-order valence-corrected chi connectivity index (χ3v) is 4.67. The molecule has 0 amide bonds. The topological polar surface area (TPSA) is 96.5 Å². The van der Waals surface area contributed by atoms with E-state index in [4.69, 9.17) is 14.1 Å². The van der Waals surface area contributed by atoms with Gasteiger partial charge in [0.15, 0.2) is 5.65 Å². The second kappa shape index (κ2) is 8.20. The fourth-order valence-electron chi connectivity index (χ4n) is 3.15. The van der Waals surface area contributed by atoms with Crippen molar-refractivity contribution in [2.75, 3.05) is 7.11 Å². The van der Waals surface area contributed by atoms with Crippen molar-refractivity contribution in [1.29, 1.82) is 0 Å². The summed E-state index contributed by atoms with van der Waals surface area (Å²) in [6, 6.07) is 12.8. The van der Waals surface area contributed by atoms with Crippen molar-refractivity contribution in [2.45, 2.75) is 20.1 Å². The van der Waals surface area contributed by atoms with E-state index in [1.165, 1.54) is 13.4 Å². The van der Waals surface area contributed by atoms with Gasteiger partial charge in [0.05, 0.1) is 36.2 Å². The molecule has 0 aliphatic rings. The predicted octanol–water partition coefficient (Wildman–Crippen LogP) is 3.85. The molecule has 0 radical (unpaired) electrons. The standard InChI is InChI=1S/C22H19N3O5/c1-3-25-20-17(12-23-25)16(11-18(24-20)14-7-5-4-6-8-14)21(26)30-13-15-9-10-29-19(15)22(27)28-2/h4-12H,3,13H2,1-2H3. The molecule has 0 spiro atoms. The van der Waals surface area contributed by atoms with E-state index in [2.05, 4.69) is 9.84 Å². The van der Waals surface area contributed by atoms with E-state index < -0.39 is 11.9 Å². The van der Waals surface area contributed by atoms with Gasteiger partial charge in [-0.2, -0.15) is 5.10 Å². The van der Waals surface area contributed by atoms with Gasteiger partial charge in [0, 0.05) is 17.7 Å². The van der Waals surface area contributed by atoms with Crippen molar-refractivity contribution in [1.82, 2.24) is 14.8 Å². The highest BCUT2D eigenvalue weighted by molar-refractivity contribution is 6.03. The molecule has 4 rings (SSSR count). The lowest BCUT2D eigenvalue weighted by molar-refractivity contribution is 0.0455. The maximum absolute atomic E-state index is 13.0. The Labute approximate surface area is 172 Å². The van der Waals surface area contributed by atoms with E-state index in [-0.39, 0.29) is 12.4 Å². The first kappa shape index (κ1) is 19.4. The molecule has 0 fully saturated rings. The minimum absolute atomic E-state index is 0.00829. The molecule has 0 aliphatic carbocycles. The van der Waals surface area contributed by atoms with Crippen molar-refractivity contribution in [2.24, 2.45) is 0 Å². The summed E-state index contributed by atoms with van der Waals surface area (Å²) in [7, 11) is 1.25. The Morgan fingerprint density at radius 1 is 1.13 bits per heavy atom. The lowest BCUT2D eigenvalue weighted by Gasteiger charge is -2.09. The SMILES string of the molecule is CCn1ncc2c(C(=O)OCc3ccoc3C(=O)OC)cc(-c3ccccc3)nc21. The molecule has 1 aromatic carbocycles. The summed E-state index contributed by atoms with van der Waals surface area (Å²) in [5.74, 6) is -1.17. The summed E-state index contributed by atoms with van der Waals surface area (Å²) < 4.78 is 17.0. The van der Waals surface area contributed by atoms with Gasteiger partial charge in [0.2, 0.25) is 5.76 Å². The molecule has 0 saturated heterocycles. The summed E-state index contributed by atoms with van der Waals surface area (Å²) in [4.78, 5) is 29.4. The van der Waals surface area contributed by atoms with Crippen LogP contribution in [0.5, 0.6) is 0 Å². The van der Waals surface area contributed by atoms with E-state index in [0.29, 0.717) is 34.4 Å². The number of carbonyl (C=O) groups is 2. The molecule has 3 heterocycles. The lowest BCUT2D eigenvalue weighted by Crippen LogP contribution is -2.09. The van der Waals surface area contributed by atoms with Gasteiger partial charge in [-0.1, -0.05) is 30.3 Å². The third-order valence-electron chi connectivity index (χ3n) is 4.67. The molecule has 8 nitrogen and oxygen atoms in total. The number of rotatable bonds is 6. The zero-order valence-corrected chi connectivity index (χ0v) is 16.5. The summed E-state index contributed by atoms with van der Waals surface area (Å²) in [5.41, 5.74) is 2.89. The normalized spacial score (nSPS) is 10.9. The van der Waals surface area contributed by atoms with Crippen molar-refractivity contribution in [3.63, 3.8) is 0 Å². The number of methoxy groups -OCH3 is 1. The number of aromatic nitrogens is 3. The Bertz CT molecular complexity index is 1210. The summed E-state index contributed by atoms with van der Waals surface area (Å²) >= 11 is 0. The maximum atomic E-state index is 13.0. The number of hydrogen-bond acceptors (Lipinski definition) is 7. The molecular formula is C22H19N3O5. The Hall–Kier alpha value is -3.94. The van der Waals surface area contributed by atoms with Crippen LogP contribution < -0.4 is 0 Å². The number of nitrogens with zero attached hydrogens (tertiary/aromatic N) is 3. The fourth-order valence-corrected chi connectivity index (χ4v) is 3.15. The van der Waals surface area contributed by atoms with Gasteiger partial charge in [-0.3, -0.25) is 0 Å². The van der Waals surface area contributed by atoms with Gasteiger partial charge in [-0.05, 0) is 19.1 Å². The first-order valence-electron chi connectivity index (χ1n) is 9.36. The molecule has 4 aromatic rings. The second-order valence-corrected chi connectivity index (χ2v) is 6.46. The van der Waals surface area contributed by atoms with Crippen molar-refractivity contribution in [3.05, 3.63) is 71.8 Å². The van der Waals surface area contributed by atoms with E-state index in [1.54, 1.807) is 23.0 Å². The molecule has 8 heteroatoms. The molecule has 0 N–H and O–H groups in total. The van der Waals surface area contributed by atoms with Gasteiger partial charge < -0.3 is 13.9 Å². The first-order valence-corrected chi connectivity index (χ1v) is 9.36. The Morgan fingerprint density at radius 2 is 1.93 bits per heavy atom. The third kappa shape index (κ3) is 3.55. The number of pyridine rings is 1. The smallest absolute Gasteiger partial charge is 0.374 e. The number of aryl methyl sites for hydroxylation is 1. The number of fused-ring (bicyclic) bond motifs is 1. The zero-order valence-electron chi connectivity index (χ0n) is 16.5.